The standard InChI is InChI=1S/C15H15BrO/c1-15(8-3-2-4-9-15)10-7-12-11-13(16)5-6-14(12)17/h2-8,10-11,17H,9H2,1H3. The molecule has 0 saturated heterocycles. The maximum Gasteiger partial charge on any atom is 0.122 e. The first-order valence-corrected chi connectivity index (χ1v) is 6.40. The summed E-state index contributed by atoms with van der Waals surface area (Å²) in [5.74, 6) is 0.309. The molecule has 0 aliphatic heterocycles. The minimum Gasteiger partial charge on any atom is -0.507 e. The number of aromatic hydroxyl groups is 1. The Labute approximate surface area is 110 Å². The van der Waals surface area contributed by atoms with Gasteiger partial charge in [0.1, 0.15) is 5.75 Å². The summed E-state index contributed by atoms with van der Waals surface area (Å²) in [6.07, 6.45) is 13.6. The van der Waals surface area contributed by atoms with Crippen LogP contribution < -0.4 is 0 Å². The van der Waals surface area contributed by atoms with E-state index in [1.54, 1.807) is 6.07 Å². The third kappa shape index (κ3) is 3.10. The number of hydrogen-bond acceptors (Lipinski definition) is 1. The van der Waals surface area contributed by atoms with Gasteiger partial charge in [-0.05, 0) is 24.6 Å². The lowest BCUT2D eigenvalue weighted by atomic mass is 9.83. The zero-order valence-electron chi connectivity index (χ0n) is 9.73. The highest BCUT2D eigenvalue weighted by atomic mass is 79.9. The Balaban J connectivity index is 2.23. The Morgan fingerprint density at radius 3 is 2.88 bits per heavy atom. The Kier molecular flexibility index (Phi) is 3.53. The Hall–Kier alpha value is -1.28. The molecule has 1 aromatic carbocycles. The van der Waals surface area contributed by atoms with Gasteiger partial charge in [0, 0.05) is 15.5 Å². The number of hydrogen-bond donors (Lipinski definition) is 1. The largest absolute Gasteiger partial charge is 0.507 e. The summed E-state index contributed by atoms with van der Waals surface area (Å²) < 4.78 is 0.971. The van der Waals surface area contributed by atoms with Gasteiger partial charge >= 0.3 is 0 Å². The molecule has 1 aliphatic carbocycles. The molecule has 2 rings (SSSR count). The van der Waals surface area contributed by atoms with Crippen molar-refractivity contribution in [1.82, 2.24) is 0 Å². The van der Waals surface area contributed by atoms with Gasteiger partial charge in [-0.2, -0.15) is 0 Å². The number of allylic oxidation sites excluding steroid dienone is 5. The maximum atomic E-state index is 9.74. The Morgan fingerprint density at radius 1 is 1.35 bits per heavy atom. The number of phenols is 1. The molecule has 17 heavy (non-hydrogen) atoms. The van der Waals surface area contributed by atoms with Crippen LogP contribution in [-0.2, 0) is 0 Å². The van der Waals surface area contributed by atoms with Crippen LogP contribution in [0, 0.1) is 5.41 Å². The van der Waals surface area contributed by atoms with Gasteiger partial charge in [0.25, 0.3) is 0 Å². The summed E-state index contributed by atoms with van der Waals surface area (Å²) in [5.41, 5.74) is 0.882. The summed E-state index contributed by atoms with van der Waals surface area (Å²) >= 11 is 3.41. The van der Waals surface area contributed by atoms with Crippen LogP contribution in [-0.4, -0.2) is 5.11 Å². The van der Waals surface area contributed by atoms with E-state index >= 15 is 0 Å². The van der Waals surface area contributed by atoms with E-state index < -0.39 is 0 Å². The van der Waals surface area contributed by atoms with E-state index in [1.807, 2.05) is 18.2 Å². The van der Waals surface area contributed by atoms with Crippen LogP contribution in [0.25, 0.3) is 6.08 Å². The molecule has 1 aliphatic rings. The minimum atomic E-state index is 0.0451. The van der Waals surface area contributed by atoms with Gasteiger partial charge in [0.15, 0.2) is 0 Å². The van der Waals surface area contributed by atoms with Gasteiger partial charge in [-0.3, -0.25) is 0 Å². The van der Waals surface area contributed by atoms with Crippen LogP contribution in [0.5, 0.6) is 5.75 Å². The predicted octanol–water partition coefficient (Wildman–Crippen LogP) is 4.69. The van der Waals surface area contributed by atoms with Crippen molar-refractivity contribution in [2.75, 3.05) is 0 Å². The molecule has 0 amide bonds. The van der Waals surface area contributed by atoms with Crippen molar-refractivity contribution in [3.63, 3.8) is 0 Å². The van der Waals surface area contributed by atoms with Crippen LogP contribution in [0.3, 0.4) is 0 Å². The van der Waals surface area contributed by atoms with E-state index in [9.17, 15) is 5.11 Å². The third-order valence-electron chi connectivity index (χ3n) is 2.92. The molecule has 0 saturated carbocycles. The Bertz CT molecular complexity index is 500. The fourth-order valence-electron chi connectivity index (χ4n) is 1.81. The predicted molar refractivity (Wildman–Crippen MR) is 75.8 cm³/mol. The van der Waals surface area contributed by atoms with Crippen molar-refractivity contribution >= 4 is 22.0 Å². The van der Waals surface area contributed by atoms with Crippen LogP contribution in [0.4, 0.5) is 0 Å². The van der Waals surface area contributed by atoms with E-state index in [2.05, 4.69) is 53.2 Å². The van der Waals surface area contributed by atoms with Crippen molar-refractivity contribution in [2.24, 2.45) is 5.41 Å². The first kappa shape index (κ1) is 12.2. The van der Waals surface area contributed by atoms with Gasteiger partial charge in [0.2, 0.25) is 0 Å². The second kappa shape index (κ2) is 4.92. The molecule has 1 N–H and O–H groups in total. The first-order chi connectivity index (χ1) is 8.09. The summed E-state index contributed by atoms with van der Waals surface area (Å²) in [4.78, 5) is 0. The van der Waals surface area contributed by atoms with Crippen molar-refractivity contribution in [3.05, 3.63) is 58.6 Å². The van der Waals surface area contributed by atoms with E-state index in [-0.39, 0.29) is 5.41 Å². The average molecular weight is 291 g/mol. The van der Waals surface area contributed by atoms with Gasteiger partial charge in [-0.15, -0.1) is 0 Å². The number of rotatable bonds is 2. The molecule has 1 atom stereocenters. The highest BCUT2D eigenvalue weighted by molar-refractivity contribution is 9.10. The quantitative estimate of drug-likeness (QED) is 0.838. The number of phenolic OH excluding ortho intramolecular Hbond substituents is 1. The molecule has 1 aromatic rings. The molecular formula is C15H15BrO. The molecule has 0 heterocycles. The smallest absolute Gasteiger partial charge is 0.122 e. The molecule has 1 unspecified atom stereocenters. The normalized spacial score (nSPS) is 23.4. The lowest BCUT2D eigenvalue weighted by molar-refractivity contribution is 0.473. The van der Waals surface area contributed by atoms with Crippen LogP contribution in [0.2, 0.25) is 0 Å². The van der Waals surface area contributed by atoms with Gasteiger partial charge in [-0.1, -0.05) is 59.3 Å². The van der Waals surface area contributed by atoms with Gasteiger partial charge < -0.3 is 5.11 Å². The Morgan fingerprint density at radius 2 is 2.18 bits per heavy atom. The molecule has 0 spiro atoms. The average Bonchev–Trinajstić information content (AvgIpc) is 2.31. The molecule has 88 valence electrons. The van der Waals surface area contributed by atoms with Crippen molar-refractivity contribution in [1.29, 1.82) is 0 Å². The molecule has 0 aromatic heterocycles. The molecule has 0 fully saturated rings. The zero-order valence-corrected chi connectivity index (χ0v) is 11.3. The van der Waals surface area contributed by atoms with Crippen molar-refractivity contribution in [3.8, 4) is 5.75 Å². The summed E-state index contributed by atoms with van der Waals surface area (Å²) in [6.45, 7) is 2.18. The lowest BCUT2D eigenvalue weighted by Crippen LogP contribution is -2.09. The fraction of sp³-hybridized carbons (Fsp3) is 0.200. The van der Waals surface area contributed by atoms with Crippen LogP contribution >= 0.6 is 15.9 Å². The van der Waals surface area contributed by atoms with Crippen LogP contribution in [0.15, 0.2) is 53.1 Å². The minimum absolute atomic E-state index is 0.0451. The van der Waals surface area contributed by atoms with Gasteiger partial charge in [0.05, 0.1) is 0 Å². The van der Waals surface area contributed by atoms with E-state index in [4.69, 9.17) is 0 Å². The van der Waals surface area contributed by atoms with Crippen LogP contribution in [0.1, 0.15) is 18.9 Å². The number of halogens is 1. The molecule has 0 bridgehead atoms. The van der Waals surface area contributed by atoms with Gasteiger partial charge in [-0.25, -0.2) is 0 Å². The second-order valence-corrected chi connectivity index (χ2v) is 5.45. The maximum absolute atomic E-state index is 9.74. The number of benzene rings is 1. The lowest BCUT2D eigenvalue weighted by Gasteiger charge is -2.22. The summed E-state index contributed by atoms with van der Waals surface area (Å²) in [5, 5.41) is 9.74. The van der Waals surface area contributed by atoms with E-state index in [0.717, 1.165) is 16.5 Å². The zero-order chi connectivity index (χ0) is 12.3. The van der Waals surface area contributed by atoms with E-state index in [0.29, 0.717) is 5.75 Å². The second-order valence-electron chi connectivity index (χ2n) is 4.53. The monoisotopic (exact) mass is 290 g/mol. The summed E-state index contributed by atoms with van der Waals surface area (Å²) in [7, 11) is 0. The third-order valence-corrected chi connectivity index (χ3v) is 3.41. The topological polar surface area (TPSA) is 20.2 Å². The fourth-order valence-corrected chi connectivity index (χ4v) is 2.19. The van der Waals surface area contributed by atoms with Crippen molar-refractivity contribution < 1.29 is 5.11 Å². The highest BCUT2D eigenvalue weighted by Crippen LogP contribution is 2.31. The van der Waals surface area contributed by atoms with Crippen molar-refractivity contribution in [2.45, 2.75) is 13.3 Å². The molecular weight excluding hydrogens is 276 g/mol. The van der Waals surface area contributed by atoms with E-state index in [1.165, 1.54) is 0 Å². The first-order valence-electron chi connectivity index (χ1n) is 5.61. The molecule has 2 heteroatoms. The molecule has 0 radical (unpaired) electrons. The summed E-state index contributed by atoms with van der Waals surface area (Å²) in [6, 6.07) is 5.44. The highest BCUT2D eigenvalue weighted by Gasteiger charge is 2.16. The SMILES string of the molecule is CC1(C=Cc2cc(Br)ccc2O)C=CC=CC1. The molecule has 1 nitrogen and oxygen atoms in total.